The molecular formula is C10H15ClN2O4. The van der Waals surface area contributed by atoms with Crippen molar-refractivity contribution in [3.63, 3.8) is 0 Å². The fourth-order valence-corrected chi connectivity index (χ4v) is 1.15. The average Bonchev–Trinajstić information content (AvgIpc) is 2.35. The van der Waals surface area contributed by atoms with Crippen molar-refractivity contribution >= 4 is 11.6 Å². The van der Waals surface area contributed by atoms with Crippen LogP contribution < -0.4 is 4.74 Å². The Morgan fingerprint density at radius 3 is 2.76 bits per heavy atom. The molecule has 0 bridgehead atoms. The Morgan fingerprint density at radius 1 is 1.35 bits per heavy atom. The van der Waals surface area contributed by atoms with Gasteiger partial charge in [0.15, 0.2) is 11.4 Å². The number of aliphatic hydroxyl groups is 1. The van der Waals surface area contributed by atoms with Crippen molar-refractivity contribution in [3.8, 4) is 5.88 Å². The molecule has 1 atom stereocenters. The second-order valence-corrected chi connectivity index (χ2v) is 3.37. The first-order chi connectivity index (χ1) is 8.26. The molecule has 7 heteroatoms. The van der Waals surface area contributed by atoms with Crippen LogP contribution in [0.25, 0.3) is 0 Å². The lowest BCUT2D eigenvalue weighted by Crippen LogP contribution is -2.26. The summed E-state index contributed by atoms with van der Waals surface area (Å²) in [6, 6.07) is 3.18. The van der Waals surface area contributed by atoms with E-state index < -0.39 is 6.29 Å². The van der Waals surface area contributed by atoms with Crippen molar-refractivity contribution in [3.05, 3.63) is 17.3 Å². The van der Waals surface area contributed by atoms with Gasteiger partial charge in [-0.3, -0.25) is 0 Å². The second kappa shape index (κ2) is 8.19. The van der Waals surface area contributed by atoms with Crippen LogP contribution in [0, 0.1) is 0 Å². The van der Waals surface area contributed by atoms with E-state index in [2.05, 4.69) is 10.2 Å². The van der Waals surface area contributed by atoms with Gasteiger partial charge in [0.1, 0.15) is 6.61 Å². The van der Waals surface area contributed by atoms with Crippen molar-refractivity contribution in [2.45, 2.75) is 13.2 Å². The highest BCUT2D eigenvalue weighted by molar-refractivity contribution is 6.29. The van der Waals surface area contributed by atoms with Gasteiger partial charge >= 0.3 is 0 Å². The SMILES string of the molecule is CCOC(COc1ccc(Cl)nn1)OCCO. The summed E-state index contributed by atoms with van der Waals surface area (Å²) in [5, 5.41) is 16.3. The summed E-state index contributed by atoms with van der Waals surface area (Å²) in [4.78, 5) is 0. The first kappa shape index (κ1) is 14.1. The highest BCUT2D eigenvalue weighted by atomic mass is 35.5. The van der Waals surface area contributed by atoms with E-state index in [9.17, 15) is 0 Å². The van der Waals surface area contributed by atoms with Crippen LogP contribution in [0.4, 0.5) is 0 Å². The van der Waals surface area contributed by atoms with Gasteiger partial charge in [0, 0.05) is 12.7 Å². The molecule has 0 aliphatic heterocycles. The quantitative estimate of drug-likeness (QED) is 0.701. The fraction of sp³-hybridized carbons (Fsp3) is 0.600. The van der Waals surface area contributed by atoms with Gasteiger partial charge in [-0.15, -0.1) is 10.2 Å². The van der Waals surface area contributed by atoms with Crippen molar-refractivity contribution in [1.29, 1.82) is 0 Å². The maximum absolute atomic E-state index is 8.64. The number of aromatic nitrogens is 2. The van der Waals surface area contributed by atoms with Gasteiger partial charge in [-0.05, 0) is 13.0 Å². The topological polar surface area (TPSA) is 73.7 Å². The zero-order chi connectivity index (χ0) is 12.5. The Balaban J connectivity index is 2.37. The van der Waals surface area contributed by atoms with Gasteiger partial charge in [0.25, 0.3) is 0 Å². The molecule has 1 aromatic heterocycles. The van der Waals surface area contributed by atoms with Gasteiger partial charge in [-0.2, -0.15) is 0 Å². The zero-order valence-corrected chi connectivity index (χ0v) is 10.3. The minimum Gasteiger partial charge on any atom is -0.471 e. The Bertz CT molecular complexity index is 310. The summed E-state index contributed by atoms with van der Waals surface area (Å²) in [6.07, 6.45) is -0.537. The summed E-state index contributed by atoms with van der Waals surface area (Å²) in [5.41, 5.74) is 0. The minimum atomic E-state index is -0.537. The largest absolute Gasteiger partial charge is 0.471 e. The molecule has 17 heavy (non-hydrogen) atoms. The molecule has 96 valence electrons. The van der Waals surface area contributed by atoms with E-state index >= 15 is 0 Å². The lowest BCUT2D eigenvalue weighted by atomic mass is 10.5. The van der Waals surface area contributed by atoms with Crippen LogP contribution in [-0.2, 0) is 9.47 Å². The van der Waals surface area contributed by atoms with Crippen LogP contribution in [0.2, 0.25) is 5.15 Å². The van der Waals surface area contributed by atoms with Gasteiger partial charge in [0.2, 0.25) is 5.88 Å². The highest BCUT2D eigenvalue weighted by Crippen LogP contribution is 2.09. The monoisotopic (exact) mass is 262 g/mol. The molecule has 0 fully saturated rings. The number of rotatable bonds is 8. The van der Waals surface area contributed by atoms with Crippen LogP contribution in [-0.4, -0.2) is 48.0 Å². The molecule has 6 nitrogen and oxygen atoms in total. The number of hydrogen-bond donors (Lipinski definition) is 1. The summed E-state index contributed by atoms with van der Waals surface area (Å²) in [6.45, 7) is 2.64. The van der Waals surface area contributed by atoms with E-state index in [4.69, 9.17) is 30.9 Å². The standard InChI is InChI=1S/C10H15ClN2O4/c1-2-15-10(16-6-5-14)7-17-9-4-3-8(11)12-13-9/h3-4,10,14H,2,5-7H2,1H3. The molecule has 0 saturated heterocycles. The maximum atomic E-state index is 8.64. The number of halogens is 1. The van der Waals surface area contributed by atoms with E-state index in [1.54, 1.807) is 12.1 Å². The molecule has 1 aromatic rings. The smallest absolute Gasteiger partial charge is 0.233 e. The Morgan fingerprint density at radius 2 is 2.18 bits per heavy atom. The van der Waals surface area contributed by atoms with Crippen LogP contribution in [0.3, 0.4) is 0 Å². The number of ether oxygens (including phenoxy) is 3. The van der Waals surface area contributed by atoms with Crippen LogP contribution in [0.1, 0.15) is 6.92 Å². The fourth-order valence-electron chi connectivity index (χ4n) is 1.05. The molecule has 0 aliphatic rings. The highest BCUT2D eigenvalue weighted by Gasteiger charge is 2.10. The summed E-state index contributed by atoms with van der Waals surface area (Å²) in [5.74, 6) is 0.340. The Labute approximate surface area is 104 Å². The van der Waals surface area contributed by atoms with Gasteiger partial charge in [-0.1, -0.05) is 11.6 Å². The lowest BCUT2D eigenvalue weighted by Gasteiger charge is -2.17. The molecule has 1 heterocycles. The molecule has 0 radical (unpaired) electrons. The summed E-state index contributed by atoms with van der Waals surface area (Å²) >= 11 is 5.59. The molecule has 1 unspecified atom stereocenters. The van der Waals surface area contributed by atoms with Gasteiger partial charge < -0.3 is 19.3 Å². The zero-order valence-electron chi connectivity index (χ0n) is 9.50. The van der Waals surface area contributed by atoms with Crippen LogP contribution >= 0.6 is 11.6 Å². The van der Waals surface area contributed by atoms with Crippen LogP contribution in [0.15, 0.2) is 12.1 Å². The first-order valence-electron chi connectivity index (χ1n) is 5.22. The molecular weight excluding hydrogens is 248 g/mol. The van der Waals surface area contributed by atoms with E-state index in [0.29, 0.717) is 17.6 Å². The number of hydrogen-bond acceptors (Lipinski definition) is 6. The predicted octanol–water partition coefficient (Wildman–Crippen LogP) is 0.880. The van der Waals surface area contributed by atoms with E-state index in [1.807, 2.05) is 6.92 Å². The third-order valence-electron chi connectivity index (χ3n) is 1.72. The maximum Gasteiger partial charge on any atom is 0.233 e. The third-order valence-corrected chi connectivity index (χ3v) is 1.92. The van der Waals surface area contributed by atoms with Crippen molar-refractivity contribution in [1.82, 2.24) is 10.2 Å². The van der Waals surface area contributed by atoms with Gasteiger partial charge in [0.05, 0.1) is 13.2 Å². The van der Waals surface area contributed by atoms with Gasteiger partial charge in [-0.25, -0.2) is 0 Å². The second-order valence-electron chi connectivity index (χ2n) is 2.98. The Hall–Kier alpha value is -0.950. The third kappa shape index (κ3) is 5.78. The Kier molecular flexibility index (Phi) is 6.80. The molecule has 1 rings (SSSR count). The van der Waals surface area contributed by atoms with E-state index in [0.717, 1.165) is 0 Å². The van der Waals surface area contributed by atoms with Crippen molar-refractivity contribution in [2.75, 3.05) is 26.4 Å². The van der Waals surface area contributed by atoms with E-state index in [-0.39, 0.29) is 19.8 Å². The van der Waals surface area contributed by atoms with Crippen molar-refractivity contribution < 1.29 is 19.3 Å². The molecule has 0 spiro atoms. The molecule has 0 amide bonds. The summed E-state index contributed by atoms with van der Waals surface area (Å²) < 4.78 is 15.8. The molecule has 0 aliphatic carbocycles. The molecule has 0 aromatic carbocycles. The summed E-state index contributed by atoms with van der Waals surface area (Å²) in [7, 11) is 0. The molecule has 0 saturated carbocycles. The number of aliphatic hydroxyl groups excluding tert-OH is 1. The predicted molar refractivity (Wildman–Crippen MR) is 61.0 cm³/mol. The number of nitrogens with zero attached hydrogens (tertiary/aromatic N) is 2. The van der Waals surface area contributed by atoms with E-state index in [1.165, 1.54) is 0 Å². The van der Waals surface area contributed by atoms with Crippen molar-refractivity contribution in [2.24, 2.45) is 0 Å². The van der Waals surface area contributed by atoms with Crippen LogP contribution in [0.5, 0.6) is 5.88 Å². The average molecular weight is 263 g/mol. The minimum absolute atomic E-state index is 0.0652. The normalized spacial score (nSPS) is 12.4. The first-order valence-corrected chi connectivity index (χ1v) is 5.60. The molecule has 1 N–H and O–H groups in total. The lowest BCUT2D eigenvalue weighted by molar-refractivity contribution is -0.160.